The molecule has 0 saturated heterocycles. The summed E-state index contributed by atoms with van der Waals surface area (Å²) in [6.45, 7) is 3.66. The fourth-order valence-electron chi connectivity index (χ4n) is 1.32. The fourth-order valence-corrected chi connectivity index (χ4v) is 1.66. The lowest BCUT2D eigenvalue weighted by atomic mass is 10.4. The Morgan fingerprint density at radius 3 is 2.83 bits per heavy atom. The predicted octanol–water partition coefficient (Wildman–Crippen LogP) is 2.54. The highest BCUT2D eigenvalue weighted by atomic mass is 79.9. The number of nitrogens with one attached hydrogen (secondary N) is 1. The molecule has 2 rings (SSSR count). The summed E-state index contributed by atoms with van der Waals surface area (Å²) in [4.78, 5) is 4.01. The van der Waals surface area contributed by atoms with Crippen LogP contribution in [0.1, 0.15) is 12.6 Å². The minimum absolute atomic E-state index is 0.454. The molecule has 1 N–H and O–H groups in total. The zero-order valence-electron chi connectivity index (χ0n) is 9.93. The Hall–Kier alpha value is -1.53. The van der Waals surface area contributed by atoms with E-state index in [-0.39, 0.29) is 0 Å². The summed E-state index contributed by atoms with van der Waals surface area (Å²) in [7, 11) is 0. The van der Waals surface area contributed by atoms with Gasteiger partial charge in [0.1, 0.15) is 5.75 Å². The van der Waals surface area contributed by atoms with Crippen LogP contribution in [0, 0.1) is 0 Å². The normalized spacial score (nSPS) is 10.3. The topological polar surface area (TPSA) is 59.9 Å². The zero-order chi connectivity index (χ0) is 12.8. The third-order valence-electron chi connectivity index (χ3n) is 2.15. The molecule has 0 atom stereocenters. The molecule has 0 fully saturated rings. The van der Waals surface area contributed by atoms with E-state index in [1.54, 1.807) is 18.5 Å². The van der Waals surface area contributed by atoms with Crippen molar-refractivity contribution in [1.82, 2.24) is 20.5 Å². The molecule has 0 aliphatic rings. The zero-order valence-corrected chi connectivity index (χ0v) is 11.5. The number of ether oxygens (including phenoxy) is 1. The second-order valence-corrected chi connectivity index (χ2v) is 4.50. The number of nitrogens with zero attached hydrogens (tertiary/aromatic N) is 3. The average molecular weight is 309 g/mol. The van der Waals surface area contributed by atoms with Gasteiger partial charge >= 0.3 is 0 Å². The maximum atomic E-state index is 5.53. The highest BCUT2D eigenvalue weighted by Crippen LogP contribution is 2.21. The first-order chi connectivity index (χ1) is 8.78. The fraction of sp³-hybridized carbons (Fsp3) is 0.250. The molecule has 0 spiro atoms. The van der Waals surface area contributed by atoms with Crippen molar-refractivity contribution >= 4 is 15.9 Å². The number of hydrogen-bond acceptors (Lipinski definition) is 5. The first-order valence-corrected chi connectivity index (χ1v) is 6.39. The summed E-state index contributed by atoms with van der Waals surface area (Å²) in [5.74, 6) is 1.08. The van der Waals surface area contributed by atoms with Gasteiger partial charge in [0.25, 0.3) is 0 Å². The monoisotopic (exact) mass is 308 g/mol. The van der Waals surface area contributed by atoms with Crippen molar-refractivity contribution in [3.05, 3.63) is 40.8 Å². The van der Waals surface area contributed by atoms with Gasteiger partial charge in [0.2, 0.25) is 5.88 Å². The van der Waals surface area contributed by atoms with E-state index in [9.17, 15) is 0 Å². The van der Waals surface area contributed by atoms with Crippen molar-refractivity contribution in [2.24, 2.45) is 0 Å². The molecule has 2 heterocycles. The van der Waals surface area contributed by atoms with Gasteiger partial charge in [-0.05, 0) is 34.6 Å². The van der Waals surface area contributed by atoms with E-state index in [2.05, 4.69) is 36.4 Å². The Bertz CT molecular complexity index is 504. The average Bonchev–Trinajstić information content (AvgIpc) is 2.38. The second-order valence-electron chi connectivity index (χ2n) is 3.58. The molecule has 2 aromatic rings. The summed E-state index contributed by atoms with van der Waals surface area (Å²) in [5.41, 5.74) is 0.886. The van der Waals surface area contributed by atoms with Crippen LogP contribution in [0.4, 0.5) is 0 Å². The highest BCUT2D eigenvalue weighted by Gasteiger charge is 2.01. The van der Waals surface area contributed by atoms with Gasteiger partial charge in [-0.15, -0.1) is 5.10 Å². The quantitative estimate of drug-likeness (QED) is 0.919. The molecule has 0 saturated carbocycles. The standard InChI is InChI=1S/C12H13BrN4O/c1-2-14-7-10-3-4-12(17-16-10)18-11-5-9(13)6-15-8-11/h3-6,8,14H,2,7H2,1H3. The van der Waals surface area contributed by atoms with Gasteiger partial charge in [0.15, 0.2) is 0 Å². The van der Waals surface area contributed by atoms with E-state index in [1.165, 1.54) is 0 Å². The van der Waals surface area contributed by atoms with Crippen LogP contribution >= 0.6 is 15.9 Å². The molecule has 0 unspecified atom stereocenters. The molecular formula is C12H13BrN4O. The van der Waals surface area contributed by atoms with Crippen LogP contribution in [-0.2, 0) is 6.54 Å². The summed E-state index contributed by atoms with van der Waals surface area (Å²) in [6.07, 6.45) is 3.32. The van der Waals surface area contributed by atoms with Crippen molar-refractivity contribution < 1.29 is 4.74 Å². The van der Waals surface area contributed by atoms with E-state index >= 15 is 0 Å². The maximum absolute atomic E-state index is 5.53. The highest BCUT2D eigenvalue weighted by molar-refractivity contribution is 9.10. The van der Waals surface area contributed by atoms with Gasteiger partial charge in [-0.2, -0.15) is 5.10 Å². The minimum Gasteiger partial charge on any atom is -0.436 e. The Labute approximate surface area is 114 Å². The molecule has 6 heteroatoms. The van der Waals surface area contributed by atoms with Crippen molar-refractivity contribution in [2.45, 2.75) is 13.5 Å². The van der Waals surface area contributed by atoms with Gasteiger partial charge < -0.3 is 10.1 Å². The van der Waals surface area contributed by atoms with Crippen LogP contribution in [-0.4, -0.2) is 21.7 Å². The molecule has 0 aliphatic heterocycles. The van der Waals surface area contributed by atoms with Crippen molar-refractivity contribution in [3.63, 3.8) is 0 Å². The first kappa shape index (κ1) is 12.9. The molecule has 5 nitrogen and oxygen atoms in total. The first-order valence-electron chi connectivity index (χ1n) is 5.59. The Balaban J connectivity index is 2.02. The van der Waals surface area contributed by atoms with E-state index < -0.39 is 0 Å². The van der Waals surface area contributed by atoms with Crippen molar-refractivity contribution in [1.29, 1.82) is 0 Å². The second kappa shape index (κ2) is 6.42. The molecule has 0 aromatic carbocycles. The number of halogens is 1. The molecule has 0 aliphatic carbocycles. The van der Waals surface area contributed by atoms with Crippen LogP contribution in [0.2, 0.25) is 0 Å². The number of hydrogen-bond donors (Lipinski definition) is 1. The molecule has 18 heavy (non-hydrogen) atoms. The summed E-state index contributed by atoms with van der Waals surface area (Å²) < 4.78 is 6.39. The Morgan fingerprint density at radius 2 is 2.17 bits per heavy atom. The molecule has 0 amide bonds. The van der Waals surface area contributed by atoms with Crippen molar-refractivity contribution in [2.75, 3.05) is 6.54 Å². The van der Waals surface area contributed by atoms with E-state index in [4.69, 9.17) is 4.74 Å². The molecule has 0 radical (unpaired) electrons. The number of rotatable bonds is 5. The van der Waals surface area contributed by atoms with Crippen LogP contribution in [0.5, 0.6) is 11.6 Å². The summed E-state index contributed by atoms with van der Waals surface area (Å²) in [5, 5.41) is 11.2. The lowest BCUT2D eigenvalue weighted by Gasteiger charge is -2.05. The van der Waals surface area contributed by atoms with Gasteiger partial charge in [0, 0.05) is 23.3 Å². The Morgan fingerprint density at radius 1 is 1.28 bits per heavy atom. The lowest BCUT2D eigenvalue weighted by Crippen LogP contribution is -2.13. The smallest absolute Gasteiger partial charge is 0.238 e. The molecule has 94 valence electrons. The van der Waals surface area contributed by atoms with Gasteiger partial charge in [0.05, 0.1) is 11.9 Å². The van der Waals surface area contributed by atoms with Crippen LogP contribution in [0.3, 0.4) is 0 Å². The van der Waals surface area contributed by atoms with Crippen molar-refractivity contribution in [3.8, 4) is 11.6 Å². The summed E-state index contributed by atoms with van der Waals surface area (Å²) in [6, 6.07) is 5.50. The lowest BCUT2D eigenvalue weighted by molar-refractivity contribution is 0.451. The predicted molar refractivity (Wildman–Crippen MR) is 71.4 cm³/mol. The van der Waals surface area contributed by atoms with Gasteiger partial charge in [-0.25, -0.2) is 0 Å². The van der Waals surface area contributed by atoms with Crippen LogP contribution in [0.15, 0.2) is 35.1 Å². The third kappa shape index (κ3) is 3.75. The van der Waals surface area contributed by atoms with E-state index in [1.807, 2.05) is 19.1 Å². The van der Waals surface area contributed by atoms with Crippen LogP contribution < -0.4 is 10.1 Å². The van der Waals surface area contributed by atoms with Gasteiger partial charge in [-0.1, -0.05) is 6.92 Å². The largest absolute Gasteiger partial charge is 0.436 e. The molecule has 2 aromatic heterocycles. The molecular weight excluding hydrogens is 296 g/mol. The van der Waals surface area contributed by atoms with Gasteiger partial charge in [-0.3, -0.25) is 4.98 Å². The summed E-state index contributed by atoms with van der Waals surface area (Å²) >= 11 is 3.33. The SMILES string of the molecule is CCNCc1ccc(Oc2cncc(Br)c2)nn1. The van der Waals surface area contributed by atoms with E-state index in [0.29, 0.717) is 18.2 Å². The molecule has 0 bridgehead atoms. The van der Waals surface area contributed by atoms with Crippen LogP contribution in [0.25, 0.3) is 0 Å². The van der Waals surface area contributed by atoms with E-state index in [0.717, 1.165) is 16.7 Å². The Kier molecular flexibility index (Phi) is 4.60. The number of pyridine rings is 1. The third-order valence-corrected chi connectivity index (χ3v) is 2.59. The number of aromatic nitrogens is 3. The maximum Gasteiger partial charge on any atom is 0.238 e. The minimum atomic E-state index is 0.454.